The molecule has 2 aliphatic heterocycles. The van der Waals surface area contributed by atoms with E-state index in [9.17, 15) is 19.2 Å². The number of aromatic nitrogens is 2. The molecule has 1 fully saturated rings. The molecule has 1 spiro atoms. The van der Waals surface area contributed by atoms with E-state index in [0.29, 0.717) is 49.9 Å². The Morgan fingerprint density at radius 3 is 2.69 bits per heavy atom. The van der Waals surface area contributed by atoms with Gasteiger partial charge in [0.2, 0.25) is 11.8 Å². The number of carbonyl (C=O) groups excluding carboxylic acids is 2. The number of carbonyl (C=O) groups is 2. The first kappa shape index (κ1) is 19.0. The predicted molar refractivity (Wildman–Crippen MR) is 104 cm³/mol. The summed E-state index contributed by atoms with van der Waals surface area (Å²) in [6.07, 6.45) is 2.32. The summed E-state index contributed by atoms with van der Waals surface area (Å²) in [5.41, 5.74) is -0.667. The van der Waals surface area contributed by atoms with Gasteiger partial charge in [-0.15, -0.1) is 0 Å². The molecule has 3 N–H and O–H groups in total. The first-order chi connectivity index (χ1) is 14.0. The van der Waals surface area contributed by atoms with Gasteiger partial charge in [0.1, 0.15) is 5.60 Å². The van der Waals surface area contributed by atoms with Crippen molar-refractivity contribution < 1.29 is 14.3 Å². The average Bonchev–Trinajstić information content (AvgIpc) is 2.94. The maximum Gasteiger partial charge on any atom is 0.328 e. The number of benzene rings is 1. The molecule has 3 heterocycles. The summed E-state index contributed by atoms with van der Waals surface area (Å²) < 4.78 is 5.98. The highest BCUT2D eigenvalue weighted by Crippen LogP contribution is 2.37. The quantitative estimate of drug-likeness (QED) is 0.680. The van der Waals surface area contributed by atoms with E-state index < -0.39 is 16.9 Å². The summed E-state index contributed by atoms with van der Waals surface area (Å²) in [7, 11) is 0. The molecule has 0 unspecified atom stereocenters. The van der Waals surface area contributed by atoms with E-state index in [1.54, 1.807) is 29.2 Å². The van der Waals surface area contributed by atoms with Crippen molar-refractivity contribution in [2.45, 2.75) is 31.3 Å². The second kappa shape index (κ2) is 7.57. The van der Waals surface area contributed by atoms with Gasteiger partial charge in [-0.2, -0.15) is 0 Å². The first-order valence-electron chi connectivity index (χ1n) is 9.61. The van der Waals surface area contributed by atoms with E-state index >= 15 is 0 Å². The molecule has 1 aromatic heterocycles. The maximum absolute atomic E-state index is 12.6. The van der Waals surface area contributed by atoms with Crippen LogP contribution >= 0.6 is 0 Å². The number of fused-ring (bicyclic) bond motifs is 1. The normalized spacial score (nSPS) is 20.6. The number of amides is 2. The molecule has 9 nitrogen and oxygen atoms in total. The van der Waals surface area contributed by atoms with Crippen molar-refractivity contribution in [3.05, 3.63) is 62.3 Å². The Kier molecular flexibility index (Phi) is 4.96. The number of nitrogens with one attached hydrogen (secondary N) is 3. The Morgan fingerprint density at radius 2 is 1.90 bits per heavy atom. The number of aromatic amines is 2. The largest absolute Gasteiger partial charge is 0.471 e. The van der Waals surface area contributed by atoms with Crippen molar-refractivity contribution in [2.75, 3.05) is 19.6 Å². The summed E-state index contributed by atoms with van der Waals surface area (Å²) >= 11 is 0. The molecule has 2 amide bonds. The zero-order chi connectivity index (χ0) is 20.4. The highest BCUT2D eigenvalue weighted by molar-refractivity contribution is 5.96. The van der Waals surface area contributed by atoms with Crippen molar-refractivity contribution in [1.29, 1.82) is 0 Å². The van der Waals surface area contributed by atoms with Gasteiger partial charge in [0.15, 0.2) is 0 Å². The molecule has 1 aromatic carbocycles. The maximum atomic E-state index is 12.6. The predicted octanol–water partition coefficient (Wildman–Crippen LogP) is 0.179. The van der Waals surface area contributed by atoms with Gasteiger partial charge in [-0.3, -0.25) is 24.4 Å². The smallest absolute Gasteiger partial charge is 0.328 e. The molecule has 152 valence electrons. The van der Waals surface area contributed by atoms with Crippen LogP contribution in [0, 0.1) is 0 Å². The zero-order valence-corrected chi connectivity index (χ0v) is 15.8. The topological polar surface area (TPSA) is 124 Å². The Morgan fingerprint density at radius 1 is 1.10 bits per heavy atom. The lowest BCUT2D eigenvalue weighted by Gasteiger charge is -2.27. The molecule has 1 atom stereocenters. The summed E-state index contributed by atoms with van der Waals surface area (Å²) in [6.45, 7) is 0.930. The lowest BCUT2D eigenvalue weighted by atomic mass is 9.90. The number of ether oxygens (including phenoxy) is 1. The zero-order valence-electron chi connectivity index (χ0n) is 15.8. The van der Waals surface area contributed by atoms with Crippen LogP contribution in [-0.4, -0.2) is 51.9 Å². The van der Waals surface area contributed by atoms with Crippen molar-refractivity contribution >= 4 is 11.8 Å². The Balaban J connectivity index is 1.36. The van der Waals surface area contributed by atoms with Crippen molar-refractivity contribution in [1.82, 2.24) is 20.2 Å². The first-order valence-corrected chi connectivity index (χ1v) is 9.61. The molecule has 0 saturated carbocycles. The van der Waals surface area contributed by atoms with E-state index in [1.807, 2.05) is 6.07 Å². The van der Waals surface area contributed by atoms with Gasteiger partial charge in [-0.1, -0.05) is 18.2 Å². The van der Waals surface area contributed by atoms with Gasteiger partial charge in [-0.25, -0.2) is 4.79 Å². The van der Waals surface area contributed by atoms with Gasteiger partial charge in [0.05, 0.1) is 12.1 Å². The lowest BCUT2D eigenvalue weighted by Crippen LogP contribution is -2.42. The second-order valence-corrected chi connectivity index (χ2v) is 7.46. The van der Waals surface area contributed by atoms with Crippen LogP contribution in [0.1, 0.15) is 35.2 Å². The van der Waals surface area contributed by atoms with Gasteiger partial charge in [0, 0.05) is 31.5 Å². The minimum atomic E-state index is -0.595. The van der Waals surface area contributed by atoms with Crippen molar-refractivity contribution in [3.8, 4) is 5.88 Å². The summed E-state index contributed by atoms with van der Waals surface area (Å²) in [5.74, 6) is -0.218. The Labute approximate surface area is 166 Å². The van der Waals surface area contributed by atoms with E-state index in [4.69, 9.17) is 4.74 Å². The van der Waals surface area contributed by atoms with Crippen molar-refractivity contribution in [2.24, 2.45) is 0 Å². The van der Waals surface area contributed by atoms with Crippen LogP contribution in [0.25, 0.3) is 0 Å². The average molecular weight is 398 g/mol. The molecule has 0 radical (unpaired) electrons. The van der Waals surface area contributed by atoms with Crippen LogP contribution in [0.5, 0.6) is 5.88 Å². The van der Waals surface area contributed by atoms with Crippen LogP contribution in [0.2, 0.25) is 0 Å². The fourth-order valence-electron chi connectivity index (χ4n) is 3.97. The number of likely N-dealkylation sites (tertiary alicyclic amines) is 1. The number of rotatable bonds is 3. The highest BCUT2D eigenvalue weighted by atomic mass is 16.5. The molecule has 0 bridgehead atoms. The summed E-state index contributed by atoms with van der Waals surface area (Å²) in [6, 6.07) is 8.74. The van der Waals surface area contributed by atoms with Crippen molar-refractivity contribution in [3.63, 3.8) is 0 Å². The van der Waals surface area contributed by atoms with Crippen LogP contribution < -0.4 is 21.3 Å². The molecule has 2 aromatic rings. The van der Waals surface area contributed by atoms with E-state index in [-0.39, 0.29) is 24.2 Å². The summed E-state index contributed by atoms with van der Waals surface area (Å²) in [4.78, 5) is 54.7. The molecule has 29 heavy (non-hydrogen) atoms. The highest BCUT2D eigenvalue weighted by Gasteiger charge is 2.43. The third-order valence-electron chi connectivity index (χ3n) is 5.51. The minimum Gasteiger partial charge on any atom is -0.471 e. The second-order valence-electron chi connectivity index (χ2n) is 7.46. The molecule has 1 saturated heterocycles. The molecular weight excluding hydrogens is 376 g/mol. The fourth-order valence-corrected chi connectivity index (χ4v) is 3.97. The van der Waals surface area contributed by atoms with Crippen LogP contribution in [-0.2, 0) is 11.2 Å². The third kappa shape index (κ3) is 3.94. The van der Waals surface area contributed by atoms with Crippen LogP contribution in [0.3, 0.4) is 0 Å². The molecule has 0 aliphatic carbocycles. The van der Waals surface area contributed by atoms with Gasteiger partial charge < -0.3 is 15.0 Å². The Hall–Kier alpha value is -3.36. The van der Waals surface area contributed by atoms with Gasteiger partial charge in [0.25, 0.3) is 11.5 Å². The SMILES string of the molecule is O=C(NCC(=O)N1CCC[C@@]2(CC1)Cc1c([nH]c(=O)[nH]c1=O)O2)c1ccccc1. The number of H-pyrrole nitrogens is 2. The number of nitrogens with zero attached hydrogens (tertiary/aromatic N) is 1. The van der Waals surface area contributed by atoms with E-state index in [2.05, 4.69) is 15.3 Å². The molecular formula is C20H22N4O5. The fraction of sp³-hybridized carbons (Fsp3) is 0.400. The third-order valence-corrected chi connectivity index (χ3v) is 5.51. The summed E-state index contributed by atoms with van der Waals surface area (Å²) in [5, 5.41) is 2.66. The number of hydrogen-bond donors (Lipinski definition) is 3. The minimum absolute atomic E-state index is 0.0746. The molecule has 2 aliphatic rings. The van der Waals surface area contributed by atoms with Gasteiger partial charge in [-0.05, 0) is 25.0 Å². The standard InChI is InChI=1S/C20H22N4O5/c25-15(12-21-16(26)13-5-2-1-3-6-13)24-9-4-7-20(8-10-24)11-14-17(27)22-19(28)23-18(14)29-20/h1-3,5-6H,4,7-12H2,(H,21,26)(H2,22,23,27,28)/t20-/m1/s1. The van der Waals surface area contributed by atoms with Crippen LogP contribution in [0.15, 0.2) is 39.9 Å². The monoisotopic (exact) mass is 398 g/mol. The lowest BCUT2D eigenvalue weighted by molar-refractivity contribution is -0.130. The molecule has 9 heteroatoms. The van der Waals surface area contributed by atoms with E-state index in [0.717, 1.165) is 0 Å². The van der Waals surface area contributed by atoms with Gasteiger partial charge >= 0.3 is 5.69 Å². The van der Waals surface area contributed by atoms with E-state index in [1.165, 1.54) is 0 Å². The van der Waals surface area contributed by atoms with Crippen LogP contribution in [0.4, 0.5) is 0 Å². The molecule has 4 rings (SSSR count). The number of hydrogen-bond acceptors (Lipinski definition) is 5. The Bertz CT molecular complexity index is 1040.